The van der Waals surface area contributed by atoms with Gasteiger partial charge in [-0.3, -0.25) is 20.4 Å². The number of ether oxygens (including phenoxy) is 3. The molecule has 3 rings (SSSR count). The van der Waals surface area contributed by atoms with Crippen molar-refractivity contribution in [3.05, 3.63) is 42.0 Å². The number of nitrogens with zero attached hydrogens (tertiary/aromatic N) is 3. The van der Waals surface area contributed by atoms with Gasteiger partial charge in [-0.1, -0.05) is 13.0 Å². The third-order valence-electron chi connectivity index (χ3n) is 5.87. The largest absolute Gasteiger partial charge is 0.494 e. The summed E-state index contributed by atoms with van der Waals surface area (Å²) in [6, 6.07) is 5.02. The van der Waals surface area contributed by atoms with Gasteiger partial charge in [0.2, 0.25) is 21.9 Å². The summed E-state index contributed by atoms with van der Waals surface area (Å²) in [5.74, 6) is -0.388. The van der Waals surface area contributed by atoms with Gasteiger partial charge in [-0.15, -0.1) is 0 Å². The summed E-state index contributed by atoms with van der Waals surface area (Å²) in [4.78, 5) is 25.4. The fourth-order valence-corrected chi connectivity index (χ4v) is 4.65. The van der Waals surface area contributed by atoms with Gasteiger partial charge in [-0.05, 0) is 38.0 Å². The number of carbonyl (C=O) groups is 1. The van der Waals surface area contributed by atoms with E-state index in [-0.39, 0.29) is 30.1 Å². The number of amides is 1. The molecule has 13 heteroatoms. The number of aromatic nitrogens is 2. The van der Waals surface area contributed by atoms with E-state index < -0.39 is 21.2 Å². The molecule has 0 radical (unpaired) electrons. The zero-order chi connectivity index (χ0) is 26.3. The first-order valence-electron chi connectivity index (χ1n) is 11.4. The van der Waals surface area contributed by atoms with Gasteiger partial charge in [0.15, 0.2) is 5.69 Å². The fourth-order valence-electron chi connectivity index (χ4n) is 3.44. The number of hydrogen-bond donors (Lipinski definition) is 3. The average molecular weight is 521 g/mol. The lowest BCUT2D eigenvalue weighted by molar-refractivity contribution is -0.125. The van der Waals surface area contributed by atoms with Crippen LogP contribution < -0.4 is 25.0 Å². The van der Waals surface area contributed by atoms with E-state index in [0.29, 0.717) is 30.4 Å². The minimum absolute atomic E-state index is 0.230. The minimum Gasteiger partial charge on any atom is -0.494 e. The van der Waals surface area contributed by atoms with Crippen molar-refractivity contribution in [3.63, 3.8) is 0 Å². The maximum absolute atomic E-state index is 13.3. The van der Waals surface area contributed by atoms with E-state index in [0.717, 1.165) is 5.56 Å². The number of aliphatic imine (C=N–C) groups is 1. The first-order chi connectivity index (χ1) is 17.2. The molecule has 0 saturated carbocycles. The van der Waals surface area contributed by atoms with Crippen molar-refractivity contribution in [1.29, 1.82) is 0 Å². The molecule has 0 aliphatic carbocycles. The van der Waals surface area contributed by atoms with Gasteiger partial charge in [-0.2, -0.15) is 0 Å². The second-order valence-corrected chi connectivity index (χ2v) is 10.4. The molecule has 1 aliphatic rings. The van der Waals surface area contributed by atoms with Crippen LogP contribution in [0.1, 0.15) is 37.6 Å². The van der Waals surface area contributed by atoms with Crippen molar-refractivity contribution in [2.24, 2.45) is 10.9 Å². The highest BCUT2D eigenvalue weighted by Gasteiger charge is 2.31. The van der Waals surface area contributed by atoms with Gasteiger partial charge in [-0.25, -0.2) is 23.4 Å². The Morgan fingerprint density at radius 3 is 2.33 bits per heavy atom. The SMILES string of the molecule is COc1cccc(OC)c1/N=C(/NNC(=O)[C@H]1CCOC1)NS(=O)(=O)[C@@H](C)[C@H](C)c1ncc(C)cn1. The van der Waals surface area contributed by atoms with Crippen LogP contribution in [-0.4, -0.2) is 62.9 Å². The average Bonchev–Trinajstić information content (AvgIpc) is 3.42. The number of hydrogen-bond acceptors (Lipinski definition) is 9. The molecule has 0 bridgehead atoms. The van der Waals surface area contributed by atoms with Crippen molar-refractivity contribution < 1.29 is 27.4 Å². The van der Waals surface area contributed by atoms with Crippen LogP contribution in [0.2, 0.25) is 0 Å². The molecular formula is C23H32N6O6S. The molecule has 1 saturated heterocycles. The summed E-state index contributed by atoms with van der Waals surface area (Å²) in [6.45, 7) is 5.90. The van der Waals surface area contributed by atoms with E-state index in [1.165, 1.54) is 14.2 Å². The lowest BCUT2D eigenvalue weighted by Crippen LogP contribution is -2.52. The first-order valence-corrected chi connectivity index (χ1v) is 12.9. The van der Waals surface area contributed by atoms with Crippen molar-refractivity contribution in [1.82, 2.24) is 25.5 Å². The van der Waals surface area contributed by atoms with Crippen LogP contribution in [0.5, 0.6) is 11.5 Å². The fraction of sp³-hybridized carbons (Fsp3) is 0.478. The smallest absolute Gasteiger partial charge is 0.243 e. The summed E-state index contributed by atoms with van der Waals surface area (Å²) in [5, 5.41) is -0.939. The minimum atomic E-state index is -4.02. The molecule has 0 spiro atoms. The van der Waals surface area contributed by atoms with E-state index >= 15 is 0 Å². The van der Waals surface area contributed by atoms with Crippen LogP contribution in [0.3, 0.4) is 0 Å². The molecule has 3 atom stereocenters. The topological polar surface area (TPSA) is 153 Å². The molecule has 0 unspecified atom stereocenters. The van der Waals surface area contributed by atoms with Gasteiger partial charge in [0.05, 0.1) is 32.0 Å². The van der Waals surface area contributed by atoms with Gasteiger partial charge in [0.1, 0.15) is 17.3 Å². The number of benzene rings is 1. The van der Waals surface area contributed by atoms with Crippen LogP contribution >= 0.6 is 0 Å². The number of carbonyl (C=O) groups excluding carboxylic acids is 1. The lowest BCUT2D eigenvalue weighted by Gasteiger charge is -2.22. The van der Waals surface area contributed by atoms with Gasteiger partial charge in [0, 0.05) is 24.9 Å². The van der Waals surface area contributed by atoms with E-state index in [9.17, 15) is 13.2 Å². The third kappa shape index (κ3) is 6.61. The van der Waals surface area contributed by atoms with Crippen molar-refractivity contribution in [3.8, 4) is 11.5 Å². The quantitative estimate of drug-likeness (QED) is 0.267. The number of rotatable bonds is 8. The second-order valence-electron chi connectivity index (χ2n) is 8.41. The molecular weight excluding hydrogens is 488 g/mol. The number of nitrogens with one attached hydrogen (secondary N) is 3. The number of para-hydroxylation sites is 1. The van der Waals surface area contributed by atoms with E-state index in [1.54, 1.807) is 44.4 Å². The molecule has 2 heterocycles. The summed E-state index contributed by atoms with van der Waals surface area (Å²) >= 11 is 0. The number of aryl methyl sites for hydroxylation is 1. The Morgan fingerprint density at radius 1 is 1.14 bits per heavy atom. The van der Waals surface area contributed by atoms with Gasteiger partial charge in [0.25, 0.3) is 0 Å². The van der Waals surface area contributed by atoms with Crippen LogP contribution in [0, 0.1) is 12.8 Å². The van der Waals surface area contributed by atoms with E-state index in [4.69, 9.17) is 14.2 Å². The van der Waals surface area contributed by atoms with Crippen molar-refractivity contribution in [2.75, 3.05) is 27.4 Å². The molecule has 3 N–H and O–H groups in total. The molecule has 36 heavy (non-hydrogen) atoms. The van der Waals surface area contributed by atoms with Crippen LogP contribution in [0.15, 0.2) is 35.6 Å². The first kappa shape index (κ1) is 27.1. The number of methoxy groups -OCH3 is 2. The highest BCUT2D eigenvalue weighted by molar-refractivity contribution is 7.90. The van der Waals surface area contributed by atoms with Gasteiger partial charge >= 0.3 is 0 Å². The normalized spacial score (nSPS) is 17.7. The summed E-state index contributed by atoms with van der Waals surface area (Å²) < 4.78 is 45.1. The molecule has 1 aromatic heterocycles. The Kier molecular flexibility index (Phi) is 9.04. The maximum atomic E-state index is 13.3. The summed E-state index contributed by atoms with van der Waals surface area (Å²) in [5.41, 5.74) is 6.22. The lowest BCUT2D eigenvalue weighted by atomic mass is 10.1. The van der Waals surface area contributed by atoms with Crippen LogP contribution in [0.25, 0.3) is 0 Å². The Hall–Kier alpha value is -3.45. The highest BCUT2D eigenvalue weighted by atomic mass is 32.2. The van der Waals surface area contributed by atoms with E-state index in [1.807, 2.05) is 6.92 Å². The zero-order valence-corrected chi connectivity index (χ0v) is 21.8. The Balaban J connectivity index is 1.90. The van der Waals surface area contributed by atoms with Crippen molar-refractivity contribution in [2.45, 2.75) is 38.4 Å². The Bertz CT molecular complexity index is 1160. The number of guanidine groups is 1. The van der Waals surface area contributed by atoms with Crippen LogP contribution in [0.4, 0.5) is 5.69 Å². The Labute approximate surface area is 210 Å². The molecule has 12 nitrogen and oxygen atoms in total. The van der Waals surface area contributed by atoms with E-state index in [2.05, 4.69) is 30.5 Å². The van der Waals surface area contributed by atoms with Crippen molar-refractivity contribution >= 4 is 27.6 Å². The van der Waals surface area contributed by atoms with Gasteiger partial charge < -0.3 is 14.2 Å². The third-order valence-corrected chi connectivity index (χ3v) is 7.74. The standard InChI is InChI=1S/C23H32N6O6S/c1-14-11-24-21(25-12-14)15(2)16(3)36(31,32)29-23(28-27-22(30)17-9-10-35-13-17)26-20-18(33-4)7-6-8-19(20)34-5/h6-8,11-12,15-17H,9-10,13H2,1-5H3,(H,27,30)(H2,26,28,29)/t15-,16-,17-/m0/s1. The number of sulfonamides is 1. The zero-order valence-electron chi connectivity index (χ0n) is 20.9. The molecule has 2 aromatic rings. The molecule has 1 fully saturated rings. The predicted molar refractivity (Wildman–Crippen MR) is 134 cm³/mol. The summed E-state index contributed by atoms with van der Waals surface area (Å²) in [6.07, 6.45) is 3.84. The molecule has 1 aromatic carbocycles. The second kappa shape index (κ2) is 12.0. The maximum Gasteiger partial charge on any atom is 0.243 e. The van der Waals surface area contributed by atoms with Crippen LogP contribution in [-0.2, 0) is 19.6 Å². The summed E-state index contributed by atoms with van der Waals surface area (Å²) in [7, 11) is -1.11. The molecule has 1 aliphatic heterocycles. The number of hydrazine groups is 1. The predicted octanol–water partition coefficient (Wildman–Crippen LogP) is 1.56. The monoisotopic (exact) mass is 520 g/mol. The molecule has 196 valence electrons. The Morgan fingerprint density at radius 2 is 1.78 bits per heavy atom. The highest BCUT2D eigenvalue weighted by Crippen LogP contribution is 2.37. The molecule has 1 amide bonds.